The minimum atomic E-state index is -2.50. The number of benzene rings is 1. The van der Waals surface area contributed by atoms with Crippen LogP contribution < -0.4 is 14.8 Å². The molecule has 4 heterocycles. The summed E-state index contributed by atoms with van der Waals surface area (Å²) < 4.78 is 51.0. The van der Waals surface area contributed by atoms with Crippen LogP contribution in [0.25, 0.3) is 11.1 Å². The molecule has 49 heavy (non-hydrogen) atoms. The Morgan fingerprint density at radius 2 is 1.82 bits per heavy atom. The summed E-state index contributed by atoms with van der Waals surface area (Å²) in [4.78, 5) is 11.6. The lowest BCUT2D eigenvalue weighted by Gasteiger charge is -2.38. The summed E-state index contributed by atoms with van der Waals surface area (Å²) in [6.07, 6.45) is 8.77. The topological polar surface area (TPSA) is 139 Å². The second kappa shape index (κ2) is 17.1. The Balaban J connectivity index is 1.11. The monoisotopic (exact) mass is 702 g/mol. The molecule has 1 saturated heterocycles. The molecule has 0 spiro atoms. The van der Waals surface area contributed by atoms with Crippen LogP contribution in [0.15, 0.2) is 43.1 Å². The Hall–Kier alpha value is -3.99. The summed E-state index contributed by atoms with van der Waals surface area (Å²) in [5.41, 5.74) is 2.22. The van der Waals surface area contributed by atoms with E-state index in [1.54, 1.807) is 23.1 Å². The van der Waals surface area contributed by atoms with Gasteiger partial charge in [-0.15, -0.1) is 10.2 Å². The molecule has 0 bridgehead atoms. The summed E-state index contributed by atoms with van der Waals surface area (Å²) in [6.45, 7) is 5.76. The molecule has 0 unspecified atom stereocenters. The van der Waals surface area contributed by atoms with Gasteiger partial charge in [0.2, 0.25) is 5.95 Å². The molecule has 1 aliphatic carbocycles. The fourth-order valence-electron chi connectivity index (χ4n) is 6.10. The maximum absolute atomic E-state index is 12.4. The number of aromatic nitrogens is 8. The molecule has 1 atom stereocenters. The summed E-state index contributed by atoms with van der Waals surface area (Å²) in [6, 6.07) is 6.28. The lowest BCUT2D eigenvalue weighted by molar-refractivity contribution is 0.00501. The molecule has 4 aromatic rings. The van der Waals surface area contributed by atoms with Crippen LogP contribution in [0, 0.1) is 0 Å². The smallest absolute Gasteiger partial charge is 0.261 e. The molecule has 0 amide bonds. The summed E-state index contributed by atoms with van der Waals surface area (Å²) in [7, 11) is 0. The zero-order valence-electron chi connectivity index (χ0n) is 27.3. The highest BCUT2D eigenvalue weighted by atomic mass is 35.5. The predicted molar refractivity (Wildman–Crippen MR) is 177 cm³/mol. The molecule has 1 aliphatic heterocycles. The van der Waals surface area contributed by atoms with Gasteiger partial charge in [-0.3, -0.25) is 9.58 Å². The minimum absolute atomic E-state index is 0.166. The van der Waals surface area contributed by atoms with E-state index in [-0.39, 0.29) is 25.4 Å². The maximum atomic E-state index is 12.4. The molecule has 3 aromatic heterocycles. The molecule has 2 aliphatic rings. The second-order valence-corrected chi connectivity index (χ2v) is 12.5. The average molecular weight is 703 g/mol. The number of nitrogens with zero attached hydrogens (tertiary/aromatic N) is 9. The van der Waals surface area contributed by atoms with Gasteiger partial charge < -0.3 is 24.3 Å². The molecule has 17 heteroatoms. The summed E-state index contributed by atoms with van der Waals surface area (Å²) >= 11 is 6.44. The number of anilines is 2. The van der Waals surface area contributed by atoms with Gasteiger partial charge in [-0.05, 0) is 60.7 Å². The lowest BCUT2D eigenvalue weighted by Crippen LogP contribution is -2.45. The Kier molecular flexibility index (Phi) is 12.2. The van der Waals surface area contributed by atoms with Crippen LogP contribution in [-0.2, 0) is 16.0 Å². The number of rotatable bonds is 16. The van der Waals surface area contributed by atoms with E-state index in [0.717, 1.165) is 63.1 Å². The summed E-state index contributed by atoms with van der Waals surface area (Å²) in [5.74, 6) is 1.28. The minimum Gasteiger partial charge on any atom is -0.487 e. The zero-order valence-corrected chi connectivity index (χ0v) is 28.1. The average Bonchev–Trinajstić information content (AvgIpc) is 3.78. The van der Waals surface area contributed by atoms with Crippen molar-refractivity contribution in [3.8, 4) is 22.8 Å². The highest BCUT2D eigenvalue weighted by molar-refractivity contribution is 6.32. The predicted octanol–water partition coefficient (Wildman–Crippen LogP) is 5.06. The maximum Gasteiger partial charge on any atom is 0.261 e. The van der Waals surface area contributed by atoms with Gasteiger partial charge in [-0.1, -0.05) is 17.7 Å². The third kappa shape index (κ3) is 9.80. The first-order valence-corrected chi connectivity index (χ1v) is 16.9. The van der Waals surface area contributed by atoms with Crippen LogP contribution >= 0.6 is 11.6 Å². The fourth-order valence-corrected chi connectivity index (χ4v) is 6.27. The van der Waals surface area contributed by atoms with E-state index in [1.165, 1.54) is 6.33 Å². The first-order chi connectivity index (χ1) is 23.9. The van der Waals surface area contributed by atoms with Gasteiger partial charge in [-0.2, -0.15) is 0 Å². The fraction of sp³-hybridized carbons (Fsp3) is 0.562. The lowest BCUT2D eigenvalue weighted by atomic mass is 9.90. The van der Waals surface area contributed by atoms with Crippen molar-refractivity contribution in [2.45, 2.75) is 70.2 Å². The van der Waals surface area contributed by atoms with Crippen LogP contribution in [0.3, 0.4) is 0 Å². The zero-order chi connectivity index (χ0) is 34.0. The van der Waals surface area contributed by atoms with Crippen molar-refractivity contribution in [1.29, 1.82) is 0 Å². The number of ether oxygens (including phenoxy) is 4. The quantitative estimate of drug-likeness (QED) is 0.156. The van der Waals surface area contributed by atoms with Gasteiger partial charge in [0.1, 0.15) is 30.5 Å². The molecule has 14 nitrogen and oxygen atoms in total. The second-order valence-electron chi connectivity index (χ2n) is 12.1. The molecular formula is C32H41ClF2N10O4. The van der Waals surface area contributed by atoms with E-state index in [9.17, 15) is 8.78 Å². The Morgan fingerprint density at radius 3 is 2.55 bits per heavy atom. The van der Waals surface area contributed by atoms with Gasteiger partial charge in [0.15, 0.2) is 0 Å². The van der Waals surface area contributed by atoms with Gasteiger partial charge >= 0.3 is 0 Å². The van der Waals surface area contributed by atoms with Crippen LogP contribution in [0.5, 0.6) is 11.6 Å². The molecule has 1 saturated carbocycles. The van der Waals surface area contributed by atoms with E-state index < -0.39 is 13.0 Å². The molecule has 1 aromatic carbocycles. The number of hydrogen-bond acceptors (Lipinski definition) is 12. The van der Waals surface area contributed by atoms with E-state index in [0.29, 0.717) is 47.3 Å². The first kappa shape index (κ1) is 34.9. The largest absolute Gasteiger partial charge is 0.487 e. The van der Waals surface area contributed by atoms with E-state index in [4.69, 9.17) is 35.6 Å². The summed E-state index contributed by atoms with van der Waals surface area (Å²) in [5, 5.41) is 19.7. The number of halogens is 3. The van der Waals surface area contributed by atoms with Gasteiger partial charge in [0.25, 0.3) is 12.3 Å². The van der Waals surface area contributed by atoms with Gasteiger partial charge in [0, 0.05) is 43.5 Å². The van der Waals surface area contributed by atoms with E-state index in [2.05, 4.69) is 35.7 Å². The molecular weight excluding hydrogens is 662 g/mol. The Morgan fingerprint density at radius 1 is 1.04 bits per heavy atom. The van der Waals surface area contributed by atoms with Crippen LogP contribution in [-0.4, -0.2) is 110 Å². The highest BCUT2D eigenvalue weighted by Crippen LogP contribution is 2.35. The standard InChI is InChI=1S/C32H41ClF2N10O4/c1-22(18-44-21-38-41-42-44)49-29-15-23(3-8-27(29)33)24-16-36-32(37-17-24)39-28-19-45(40-31(28)48-12-2-11-47-20-30(34)35)26-6-4-25(5-7-26)43-9-13-46-14-10-43/h3,8,15-17,19,21-22,25-26,30H,2,4-7,9-14,18,20H2,1H3,(H,36,37,39)/t22-,25-,26-/m0/s1. The number of morpholine rings is 1. The first-order valence-electron chi connectivity index (χ1n) is 16.6. The number of tetrazole rings is 1. The van der Waals surface area contributed by atoms with Crippen molar-refractivity contribution in [2.24, 2.45) is 0 Å². The van der Waals surface area contributed by atoms with Gasteiger partial charge in [-0.25, -0.2) is 23.4 Å². The van der Waals surface area contributed by atoms with Crippen LogP contribution in [0.2, 0.25) is 5.02 Å². The van der Waals surface area contributed by atoms with E-state index >= 15 is 0 Å². The van der Waals surface area contributed by atoms with Crippen molar-refractivity contribution in [2.75, 3.05) is 51.4 Å². The molecule has 2 fully saturated rings. The van der Waals surface area contributed by atoms with Crippen LogP contribution in [0.4, 0.5) is 20.4 Å². The van der Waals surface area contributed by atoms with Crippen molar-refractivity contribution in [1.82, 2.24) is 44.9 Å². The van der Waals surface area contributed by atoms with E-state index in [1.807, 2.05) is 29.9 Å². The van der Waals surface area contributed by atoms with Gasteiger partial charge in [0.05, 0.1) is 50.2 Å². The Labute approximate surface area is 288 Å². The number of alkyl halides is 2. The normalized spacial score (nSPS) is 19.2. The highest BCUT2D eigenvalue weighted by Gasteiger charge is 2.29. The van der Waals surface area contributed by atoms with Crippen molar-refractivity contribution in [3.63, 3.8) is 0 Å². The van der Waals surface area contributed by atoms with Crippen molar-refractivity contribution < 1.29 is 27.7 Å². The molecule has 1 N–H and O–H groups in total. The molecule has 6 rings (SSSR count). The third-order valence-electron chi connectivity index (χ3n) is 8.54. The third-order valence-corrected chi connectivity index (χ3v) is 8.85. The van der Waals surface area contributed by atoms with Crippen molar-refractivity contribution in [3.05, 3.63) is 48.1 Å². The van der Waals surface area contributed by atoms with Crippen molar-refractivity contribution >= 4 is 23.2 Å². The number of nitrogens with one attached hydrogen (secondary N) is 1. The molecule has 0 radical (unpaired) electrons. The molecule has 264 valence electrons. The van der Waals surface area contributed by atoms with Crippen LogP contribution in [0.1, 0.15) is 45.1 Å². The number of hydrogen-bond donors (Lipinski definition) is 1. The SMILES string of the molecule is C[C@@H](Cn1cnnn1)Oc1cc(-c2cnc(Nc3cn([C@H]4CC[C@H](N5CCOCC5)CC4)nc3OCCCOCC(F)F)nc2)ccc1Cl. The Bertz CT molecular complexity index is 1580.